The Balaban J connectivity index is 2.94. The van der Waals surface area contributed by atoms with Gasteiger partial charge in [-0.3, -0.25) is 9.59 Å². The molecule has 0 fully saturated rings. The molecule has 18 heavy (non-hydrogen) atoms. The summed E-state index contributed by atoms with van der Waals surface area (Å²) in [5.74, 6) is -2.45. The minimum atomic E-state index is -5.00. The van der Waals surface area contributed by atoms with Gasteiger partial charge < -0.3 is 4.90 Å². The van der Waals surface area contributed by atoms with Crippen molar-refractivity contribution in [2.75, 3.05) is 14.1 Å². The second kappa shape index (κ2) is 4.75. The average molecular weight is 264 g/mol. The fraction of sp³-hybridized carbons (Fsp3) is 0.556. The summed E-state index contributed by atoms with van der Waals surface area (Å²) >= 11 is 0. The number of carbonyl (C=O) groups excluding carboxylic acids is 2. The molecular weight excluding hydrogens is 253 g/mol. The minimum Gasteiger partial charge on any atom is -0.347 e. The zero-order valence-corrected chi connectivity index (χ0v) is 9.89. The van der Waals surface area contributed by atoms with Crippen LogP contribution in [0, 0.1) is 0 Å². The van der Waals surface area contributed by atoms with Gasteiger partial charge in [-0.05, 0) is 6.92 Å². The van der Waals surface area contributed by atoms with Crippen LogP contribution in [0.25, 0.3) is 0 Å². The standard InChI is InChI=1S/C9H11F3N4O2/c1-5(8(18)15(2)3)16-4-6(13-14-16)7(17)9(10,11)12/h4-5H,1-3H3. The number of amides is 1. The molecule has 1 amide bonds. The summed E-state index contributed by atoms with van der Waals surface area (Å²) in [6.45, 7) is 1.44. The zero-order valence-electron chi connectivity index (χ0n) is 9.89. The highest BCUT2D eigenvalue weighted by molar-refractivity contribution is 5.98. The van der Waals surface area contributed by atoms with Crippen molar-refractivity contribution in [2.45, 2.75) is 19.1 Å². The van der Waals surface area contributed by atoms with E-state index in [0.717, 1.165) is 10.9 Å². The molecule has 1 rings (SSSR count). The SMILES string of the molecule is CC(C(=O)N(C)C)n1cc(C(=O)C(F)(F)F)nn1. The smallest absolute Gasteiger partial charge is 0.347 e. The first-order valence-corrected chi connectivity index (χ1v) is 4.89. The third kappa shape index (κ3) is 2.84. The Hall–Kier alpha value is -1.93. The van der Waals surface area contributed by atoms with Crippen molar-refractivity contribution in [3.05, 3.63) is 11.9 Å². The number of aromatic nitrogens is 3. The van der Waals surface area contributed by atoms with Gasteiger partial charge in [0.1, 0.15) is 6.04 Å². The molecule has 0 aromatic carbocycles. The average Bonchev–Trinajstić information content (AvgIpc) is 2.73. The van der Waals surface area contributed by atoms with Crippen LogP contribution in [0.2, 0.25) is 0 Å². The highest BCUT2D eigenvalue weighted by Gasteiger charge is 2.41. The summed E-state index contributed by atoms with van der Waals surface area (Å²) in [7, 11) is 3.00. The van der Waals surface area contributed by atoms with Crippen molar-refractivity contribution < 1.29 is 22.8 Å². The van der Waals surface area contributed by atoms with E-state index in [4.69, 9.17) is 0 Å². The molecule has 1 aromatic rings. The zero-order chi connectivity index (χ0) is 14.1. The first-order valence-electron chi connectivity index (χ1n) is 4.89. The topological polar surface area (TPSA) is 68.1 Å². The highest BCUT2D eigenvalue weighted by Crippen LogP contribution is 2.20. The number of ketones is 1. The second-order valence-electron chi connectivity index (χ2n) is 3.82. The molecule has 0 N–H and O–H groups in total. The van der Waals surface area contributed by atoms with Gasteiger partial charge in [0.2, 0.25) is 5.91 Å². The molecule has 6 nitrogen and oxygen atoms in total. The lowest BCUT2D eigenvalue weighted by Gasteiger charge is -2.16. The molecule has 1 heterocycles. The number of Topliss-reactive ketones (excluding diaryl/α,β-unsaturated/α-hetero) is 1. The lowest BCUT2D eigenvalue weighted by Crippen LogP contribution is -2.30. The van der Waals surface area contributed by atoms with Crippen molar-refractivity contribution in [3.63, 3.8) is 0 Å². The molecule has 0 aliphatic heterocycles. The van der Waals surface area contributed by atoms with Crippen molar-refractivity contribution >= 4 is 11.7 Å². The molecule has 9 heteroatoms. The molecule has 0 spiro atoms. The van der Waals surface area contributed by atoms with Gasteiger partial charge in [0.15, 0.2) is 5.69 Å². The molecule has 100 valence electrons. The molecule has 0 saturated carbocycles. The van der Waals surface area contributed by atoms with Crippen LogP contribution in [0.3, 0.4) is 0 Å². The van der Waals surface area contributed by atoms with E-state index >= 15 is 0 Å². The predicted octanol–water partition coefficient (Wildman–Crippen LogP) is 0.672. The van der Waals surface area contributed by atoms with Gasteiger partial charge in [0.05, 0.1) is 6.20 Å². The Morgan fingerprint density at radius 3 is 2.39 bits per heavy atom. The van der Waals surface area contributed by atoms with Crippen LogP contribution in [0.5, 0.6) is 0 Å². The molecular formula is C9H11F3N4O2. The Morgan fingerprint density at radius 2 is 1.94 bits per heavy atom. The van der Waals surface area contributed by atoms with E-state index in [0.29, 0.717) is 0 Å². The Labute approximate surface area is 100 Å². The van der Waals surface area contributed by atoms with Crippen molar-refractivity contribution in [1.82, 2.24) is 19.9 Å². The molecule has 1 unspecified atom stereocenters. The van der Waals surface area contributed by atoms with Gasteiger partial charge in [0.25, 0.3) is 5.78 Å². The van der Waals surface area contributed by atoms with Crippen molar-refractivity contribution in [2.24, 2.45) is 0 Å². The highest BCUT2D eigenvalue weighted by atomic mass is 19.4. The van der Waals surface area contributed by atoms with Crippen LogP contribution in [-0.2, 0) is 4.79 Å². The number of halogens is 3. The lowest BCUT2D eigenvalue weighted by atomic mass is 10.3. The molecule has 0 aliphatic rings. The monoisotopic (exact) mass is 264 g/mol. The lowest BCUT2D eigenvalue weighted by molar-refractivity contribution is -0.132. The first-order chi connectivity index (χ1) is 8.14. The Kier molecular flexibility index (Phi) is 3.73. The van der Waals surface area contributed by atoms with Crippen LogP contribution in [0.4, 0.5) is 13.2 Å². The van der Waals surface area contributed by atoms with E-state index < -0.39 is 23.7 Å². The van der Waals surface area contributed by atoms with Crippen LogP contribution in [-0.4, -0.2) is 51.9 Å². The molecule has 0 bridgehead atoms. The van der Waals surface area contributed by atoms with Crippen LogP contribution >= 0.6 is 0 Å². The Bertz CT molecular complexity index is 467. The van der Waals surface area contributed by atoms with Gasteiger partial charge in [0, 0.05) is 14.1 Å². The number of alkyl halides is 3. The summed E-state index contributed by atoms with van der Waals surface area (Å²) in [4.78, 5) is 23.7. The van der Waals surface area contributed by atoms with E-state index in [1.54, 1.807) is 0 Å². The predicted molar refractivity (Wildman–Crippen MR) is 53.8 cm³/mol. The molecule has 0 saturated heterocycles. The molecule has 1 atom stereocenters. The number of likely N-dealkylation sites (N-methyl/N-ethyl adjacent to an activating group) is 1. The number of hydrogen-bond acceptors (Lipinski definition) is 4. The quantitative estimate of drug-likeness (QED) is 0.752. The van der Waals surface area contributed by atoms with E-state index in [9.17, 15) is 22.8 Å². The molecule has 1 aromatic heterocycles. The summed E-state index contributed by atoms with van der Waals surface area (Å²) in [6, 6.07) is -0.831. The normalized spacial score (nSPS) is 13.2. The third-order valence-corrected chi connectivity index (χ3v) is 2.20. The summed E-state index contributed by atoms with van der Waals surface area (Å²) in [5.41, 5.74) is -0.832. The van der Waals surface area contributed by atoms with Gasteiger partial charge >= 0.3 is 6.18 Å². The van der Waals surface area contributed by atoms with Crippen LogP contribution in [0.1, 0.15) is 23.5 Å². The maximum absolute atomic E-state index is 12.1. The van der Waals surface area contributed by atoms with E-state index in [-0.39, 0.29) is 5.91 Å². The number of rotatable bonds is 3. The number of carbonyl (C=O) groups is 2. The van der Waals surface area contributed by atoms with Crippen molar-refractivity contribution in [3.8, 4) is 0 Å². The third-order valence-electron chi connectivity index (χ3n) is 2.20. The van der Waals surface area contributed by atoms with Crippen LogP contribution < -0.4 is 0 Å². The largest absolute Gasteiger partial charge is 0.456 e. The Morgan fingerprint density at radius 1 is 1.39 bits per heavy atom. The summed E-state index contributed by atoms with van der Waals surface area (Å²) < 4.78 is 37.3. The molecule has 0 aliphatic carbocycles. The van der Waals surface area contributed by atoms with Gasteiger partial charge in [-0.15, -0.1) is 5.10 Å². The summed E-state index contributed by atoms with van der Waals surface area (Å²) in [6.07, 6.45) is -4.20. The maximum Gasteiger partial charge on any atom is 0.456 e. The van der Waals surface area contributed by atoms with E-state index in [1.807, 2.05) is 0 Å². The fourth-order valence-corrected chi connectivity index (χ4v) is 1.20. The van der Waals surface area contributed by atoms with Crippen LogP contribution in [0.15, 0.2) is 6.20 Å². The molecule has 0 radical (unpaired) electrons. The van der Waals surface area contributed by atoms with E-state index in [1.165, 1.54) is 25.9 Å². The maximum atomic E-state index is 12.1. The second-order valence-corrected chi connectivity index (χ2v) is 3.82. The number of nitrogens with zero attached hydrogens (tertiary/aromatic N) is 4. The minimum absolute atomic E-state index is 0.370. The number of hydrogen-bond donors (Lipinski definition) is 0. The van der Waals surface area contributed by atoms with Gasteiger partial charge in [-0.2, -0.15) is 13.2 Å². The first kappa shape index (κ1) is 14.1. The fourth-order valence-electron chi connectivity index (χ4n) is 1.20. The van der Waals surface area contributed by atoms with Gasteiger partial charge in [-0.1, -0.05) is 5.21 Å². The summed E-state index contributed by atoms with van der Waals surface area (Å²) in [5, 5.41) is 6.47. The van der Waals surface area contributed by atoms with E-state index in [2.05, 4.69) is 10.3 Å². The van der Waals surface area contributed by atoms with Crippen molar-refractivity contribution in [1.29, 1.82) is 0 Å². The van der Waals surface area contributed by atoms with Gasteiger partial charge in [-0.25, -0.2) is 4.68 Å².